The highest BCUT2D eigenvalue weighted by Gasteiger charge is 2.52. The van der Waals surface area contributed by atoms with Crippen LogP contribution in [0.3, 0.4) is 0 Å². The van der Waals surface area contributed by atoms with Crippen molar-refractivity contribution in [2.45, 2.75) is 214 Å². The first-order chi connectivity index (χ1) is 46.3. The molecular formula is C67H96IN3O23S3. The Hall–Kier alpha value is -3.34. The number of halogens is 1. The molecule has 0 spiro atoms. The Morgan fingerprint density at radius 1 is 0.876 bits per heavy atom. The Labute approximate surface area is 593 Å². The summed E-state index contributed by atoms with van der Waals surface area (Å²) in [5.41, 5.74) is 7.41. The Kier molecular flexibility index (Phi) is 32.4. The van der Waals surface area contributed by atoms with Crippen LogP contribution in [0.5, 0.6) is 17.2 Å². The minimum Gasteiger partial charge on any atom is -0.492 e. The summed E-state index contributed by atoms with van der Waals surface area (Å²) in [6.07, 6.45) is -12.7. The van der Waals surface area contributed by atoms with Crippen molar-refractivity contribution in [1.82, 2.24) is 10.4 Å². The Morgan fingerprint density at radius 3 is 2.25 bits per heavy atom. The number of nitrogens with one attached hydrogen (secondary N) is 1. The predicted octanol–water partition coefficient (Wildman–Crippen LogP) is 4.05. The molecule has 7 rings (SSSR count). The predicted molar refractivity (Wildman–Crippen MR) is 370 cm³/mol. The fourth-order valence-electron chi connectivity index (χ4n) is 12.2. The van der Waals surface area contributed by atoms with E-state index in [1.54, 1.807) is 51.7 Å². The van der Waals surface area contributed by atoms with Crippen molar-refractivity contribution in [1.29, 1.82) is 0 Å². The number of fused-ring (bicyclic) bond motifs is 2. The van der Waals surface area contributed by atoms with Crippen molar-refractivity contribution in [3.05, 3.63) is 49.6 Å². The van der Waals surface area contributed by atoms with E-state index in [1.807, 2.05) is 48.3 Å². The molecule has 0 amide bonds. The first-order valence-corrected chi connectivity index (χ1v) is 36.9. The lowest BCUT2D eigenvalue weighted by atomic mass is 9.72. The number of aliphatic hydroxyl groups is 5. The van der Waals surface area contributed by atoms with Gasteiger partial charge in [0.2, 0.25) is 17.2 Å². The number of carbonyl (C=O) groups excluding carboxylic acids is 4. The van der Waals surface area contributed by atoms with Crippen LogP contribution < -0.4 is 25.4 Å². The number of nitrogens with zero attached hydrogens (tertiary/aromatic N) is 1. The number of benzene rings is 1. The average molecular weight is 1530 g/mol. The summed E-state index contributed by atoms with van der Waals surface area (Å²) in [5.74, 6) is 11.4. The summed E-state index contributed by atoms with van der Waals surface area (Å²) in [6, 6.07) is -1.51. The van der Waals surface area contributed by atoms with E-state index in [2.05, 4.69) is 29.2 Å². The van der Waals surface area contributed by atoms with Gasteiger partial charge in [-0.1, -0.05) is 83.9 Å². The summed E-state index contributed by atoms with van der Waals surface area (Å²) < 4.78 is 79.7. The van der Waals surface area contributed by atoms with E-state index in [-0.39, 0.29) is 94.8 Å². The number of hydroxylamine groups is 1. The van der Waals surface area contributed by atoms with E-state index in [0.29, 0.717) is 67.2 Å². The van der Waals surface area contributed by atoms with Crippen molar-refractivity contribution < 1.29 is 111 Å². The molecule has 0 unspecified atom stereocenters. The highest BCUT2D eigenvalue weighted by molar-refractivity contribution is 14.1. The zero-order valence-corrected chi connectivity index (χ0v) is 61.6. The summed E-state index contributed by atoms with van der Waals surface area (Å²) in [4.78, 5) is 63.5. The van der Waals surface area contributed by atoms with Crippen molar-refractivity contribution in [2.24, 2.45) is 5.73 Å². The van der Waals surface area contributed by atoms with E-state index in [4.69, 9.17) is 72.2 Å². The molecule has 4 aliphatic heterocycles. The van der Waals surface area contributed by atoms with Gasteiger partial charge >= 0.3 is 0 Å². The first kappa shape index (κ1) is 81.0. The number of methoxy groups -OCH3 is 4. The van der Waals surface area contributed by atoms with Crippen LogP contribution in [0.25, 0.3) is 0 Å². The van der Waals surface area contributed by atoms with Gasteiger partial charge in [0.25, 0.3) is 0 Å². The molecule has 6 aliphatic rings. The maximum atomic E-state index is 14.6. The molecule has 1 aromatic carbocycles. The molecule has 2 bridgehead atoms. The summed E-state index contributed by atoms with van der Waals surface area (Å²) in [7, 11) is 8.77. The monoisotopic (exact) mass is 1530 g/mol. The number of hydrogen-bond donors (Lipinski definition) is 7. The number of carbonyl (C=O) groups is 4. The molecule has 19 atom stereocenters. The van der Waals surface area contributed by atoms with Crippen molar-refractivity contribution in [3.8, 4) is 40.9 Å². The van der Waals surface area contributed by atoms with E-state index in [0.717, 1.165) is 11.8 Å². The molecule has 2 aliphatic carbocycles. The van der Waals surface area contributed by atoms with Gasteiger partial charge in [0.15, 0.2) is 41.8 Å². The normalized spacial score (nSPS) is 32.9. The molecular weight excluding hydrogens is 1440 g/mol. The van der Waals surface area contributed by atoms with Gasteiger partial charge in [-0.15, -0.1) is 0 Å². The van der Waals surface area contributed by atoms with Gasteiger partial charge in [-0.25, -0.2) is 0 Å². The van der Waals surface area contributed by atoms with Crippen molar-refractivity contribution in [2.75, 3.05) is 86.9 Å². The largest absolute Gasteiger partial charge is 0.492 e. The average Bonchev–Trinajstić information content (AvgIpc) is 0.752. The molecule has 4 heterocycles. The van der Waals surface area contributed by atoms with Crippen LogP contribution in [-0.2, 0) is 66.6 Å². The minimum absolute atomic E-state index is 0.00992. The second kappa shape index (κ2) is 38.8. The number of rotatable bonds is 34. The zero-order chi connectivity index (χ0) is 70.8. The molecule has 0 saturated carbocycles. The molecule has 4 fully saturated rings. The third-order valence-corrected chi connectivity index (χ3v) is 22.7. The molecule has 1 aromatic rings. The van der Waals surface area contributed by atoms with Crippen molar-refractivity contribution >= 4 is 78.4 Å². The molecule has 97 heavy (non-hydrogen) atoms. The molecule has 26 nitrogen and oxygen atoms in total. The molecule has 8 N–H and O–H groups in total. The second-order valence-corrected chi connectivity index (χ2v) is 29.7. The van der Waals surface area contributed by atoms with E-state index in [9.17, 15) is 44.7 Å². The number of thioether (sulfide) groups is 1. The quantitative estimate of drug-likeness (QED) is 0.0168. The number of likely N-dealkylation sites (N-methyl/N-ethyl adjacent to an activating group) is 1. The lowest BCUT2D eigenvalue weighted by Crippen LogP contribution is -2.65. The SMILES string of the molecule is CCN(CC(=O)CCCOCCOCCN)[C@H]1CO[C@@H](O[C@H]2[C@H](O[C@H]3C#C/C=C\C#C[C@]4(O)CC(=O)C(CC(C)=O)=C3/C4=C\CSSC(C)C)O[C@H](C)[C@@H](NO[C@H]3C[C@H](O)[C@H](SC(=O)c4c(C)c(I)c(O[C@@H]5O[C@@H](C)[C@H](O)[C@@H](OC)[C@H]5O)c(OC)c4OC)[C@@H](C)O3)[C@@H]2O)C[C@@H]1OC. The van der Waals surface area contributed by atoms with Crippen molar-refractivity contribution in [3.63, 3.8) is 0 Å². The lowest BCUT2D eigenvalue weighted by Gasteiger charge is -2.47. The van der Waals surface area contributed by atoms with Crippen LogP contribution in [0.4, 0.5) is 0 Å². The summed E-state index contributed by atoms with van der Waals surface area (Å²) in [6.45, 7) is 16.8. The fraction of sp³-hybridized carbons (Fsp3) is 0.701. The summed E-state index contributed by atoms with van der Waals surface area (Å²) in [5, 5.41) is 57.7. The van der Waals surface area contributed by atoms with Gasteiger partial charge in [-0.3, -0.25) is 28.9 Å². The number of ether oxygens (including phenoxy) is 13. The highest BCUT2D eigenvalue weighted by atomic mass is 127. The van der Waals surface area contributed by atoms with Crippen LogP contribution in [0.15, 0.2) is 34.9 Å². The maximum absolute atomic E-state index is 14.6. The van der Waals surface area contributed by atoms with Gasteiger partial charge in [-0.2, -0.15) is 5.48 Å². The molecule has 30 heteroatoms. The van der Waals surface area contributed by atoms with Crippen LogP contribution in [-0.4, -0.2) is 260 Å². The Morgan fingerprint density at radius 2 is 1.59 bits per heavy atom. The van der Waals surface area contributed by atoms with Crippen LogP contribution >= 0.6 is 55.9 Å². The van der Waals surface area contributed by atoms with Gasteiger partial charge in [0, 0.05) is 80.8 Å². The molecule has 4 saturated heterocycles. The zero-order valence-electron chi connectivity index (χ0n) is 57.0. The minimum atomic E-state index is -2.02. The Balaban J connectivity index is 1.12. The number of ketones is 3. The van der Waals surface area contributed by atoms with E-state index < -0.39 is 127 Å². The number of Topliss-reactive ketones (excluding diaryl/α,β-unsaturated/α-hetero) is 3. The van der Waals surface area contributed by atoms with Crippen LogP contribution in [0.1, 0.15) is 103 Å². The summed E-state index contributed by atoms with van der Waals surface area (Å²) >= 11 is 2.82. The number of nitrogens with two attached hydrogens (primary N) is 1. The molecule has 542 valence electrons. The van der Waals surface area contributed by atoms with Crippen LogP contribution in [0.2, 0.25) is 0 Å². The Bertz CT molecular complexity index is 3060. The highest BCUT2D eigenvalue weighted by Crippen LogP contribution is 2.49. The third kappa shape index (κ3) is 21.0. The molecule has 0 aromatic heterocycles. The lowest BCUT2D eigenvalue weighted by molar-refractivity contribution is -0.337. The maximum Gasteiger partial charge on any atom is 0.229 e. The van der Waals surface area contributed by atoms with Gasteiger partial charge in [0.05, 0.1) is 111 Å². The van der Waals surface area contributed by atoms with E-state index >= 15 is 0 Å². The standard InChI is InChI=1S/C67H96IN3O23S3/c1-13-71(33-41(73)19-18-24-85-26-27-86-25-23-69)44-34-87-49(31-48(44)81-9)92-61-56(77)54(38(6)89-66(61)91-47-20-16-14-15-17-22-67(80)32-46(75)42(29-36(4)72)52(47)43(67)21-28-95-97-35(2)3)70-94-50-30-45(74)63(40(8)88-50)96-64(79)51-37(5)53(68)59(62(84-12)58(51)82-10)93-65-57(78)60(83-11)55(76)39(7)90-65/h14-15,21,35,38-40,44-45,47-50,54-57,60-61,63,65-66,70,74,76-78,80H,13,18-19,23-34,69H2,1-12H3/b15-14-,43-21+/t38-,39+,40-,44+,45+,47+,48+,49+,50+,54-,55+,56+,57-,60-,61-,63-,65+,66+,67+/m1/s1. The topological polar surface area (TPSA) is 340 Å². The van der Waals surface area contributed by atoms with Gasteiger partial charge in [0.1, 0.15) is 48.2 Å². The first-order valence-electron chi connectivity index (χ1n) is 32.5. The van der Waals surface area contributed by atoms with Crippen LogP contribution in [0, 0.1) is 34.2 Å². The second-order valence-electron chi connectivity index (χ2n) is 24.5. The smallest absolute Gasteiger partial charge is 0.229 e. The number of aliphatic hydroxyl groups excluding tert-OH is 4. The van der Waals surface area contributed by atoms with Gasteiger partial charge < -0.3 is 92.8 Å². The van der Waals surface area contributed by atoms with Gasteiger partial charge in [-0.05, 0) is 87.9 Å². The number of hydrogen-bond acceptors (Lipinski definition) is 29. The fourth-order valence-corrected chi connectivity index (χ4v) is 15.9. The van der Waals surface area contributed by atoms with E-state index in [1.165, 1.54) is 51.2 Å². The third-order valence-electron chi connectivity index (χ3n) is 17.2. The molecule has 0 radical (unpaired) electrons. The number of allylic oxidation sites excluding steroid dienone is 3.